The highest BCUT2D eigenvalue weighted by Crippen LogP contribution is 2.22. The molecule has 3 rings (SSSR count). The number of thioether (sulfide) groups is 1. The molecule has 0 radical (unpaired) electrons. The molecule has 6 nitrogen and oxygen atoms in total. The van der Waals surface area contributed by atoms with E-state index in [1.54, 1.807) is 31.5 Å². The third-order valence-electron chi connectivity index (χ3n) is 3.45. The van der Waals surface area contributed by atoms with E-state index in [-0.39, 0.29) is 17.0 Å². The molecule has 2 N–H and O–H groups in total. The zero-order chi connectivity index (χ0) is 17.6. The fraction of sp³-hybridized carbons (Fsp3) is 0.176. The number of amides is 1. The first-order chi connectivity index (χ1) is 12.1. The lowest BCUT2D eigenvalue weighted by atomic mass is 10.2. The van der Waals surface area contributed by atoms with E-state index in [0.29, 0.717) is 17.5 Å². The van der Waals surface area contributed by atoms with Gasteiger partial charge in [0.2, 0.25) is 11.1 Å². The summed E-state index contributed by atoms with van der Waals surface area (Å²) in [6.07, 6.45) is 3.35. The number of aromatic amines is 1. The van der Waals surface area contributed by atoms with E-state index in [4.69, 9.17) is 0 Å². The average molecular weight is 357 g/mol. The number of benzene rings is 1. The van der Waals surface area contributed by atoms with E-state index >= 15 is 0 Å². The van der Waals surface area contributed by atoms with Gasteiger partial charge < -0.3 is 5.32 Å². The summed E-state index contributed by atoms with van der Waals surface area (Å²) in [5.74, 6) is 0.196. The molecule has 0 saturated carbocycles. The Bertz CT molecular complexity index is 838. The Hall–Kier alpha value is -2.74. The lowest BCUT2D eigenvalue weighted by Gasteiger charge is -2.10. The first kappa shape index (κ1) is 17.1. The number of rotatable bonds is 6. The van der Waals surface area contributed by atoms with Crippen LogP contribution in [0.2, 0.25) is 0 Å². The van der Waals surface area contributed by atoms with Gasteiger partial charge >= 0.3 is 0 Å². The van der Waals surface area contributed by atoms with Crippen molar-refractivity contribution in [2.24, 2.45) is 0 Å². The number of nitrogens with one attached hydrogen (secondary N) is 2. The molecule has 1 aromatic carbocycles. The molecule has 128 valence electrons. The lowest BCUT2D eigenvalue weighted by Crippen LogP contribution is -2.30. The number of aromatic nitrogens is 4. The molecule has 0 spiro atoms. The van der Waals surface area contributed by atoms with Crippen molar-refractivity contribution in [1.29, 1.82) is 0 Å². The second-order valence-corrected chi connectivity index (χ2v) is 6.61. The van der Waals surface area contributed by atoms with Gasteiger partial charge in [-0.15, -0.1) is 5.10 Å². The summed E-state index contributed by atoms with van der Waals surface area (Å²) < 4.78 is 12.9. The normalized spacial score (nSPS) is 11.9. The smallest absolute Gasteiger partial charge is 0.233 e. The predicted molar refractivity (Wildman–Crippen MR) is 93.2 cm³/mol. The highest BCUT2D eigenvalue weighted by Gasteiger charge is 2.17. The highest BCUT2D eigenvalue weighted by molar-refractivity contribution is 8.00. The Morgan fingerprint density at radius 1 is 1.24 bits per heavy atom. The number of hydrogen-bond donors (Lipinski definition) is 2. The van der Waals surface area contributed by atoms with Crippen LogP contribution in [0.3, 0.4) is 0 Å². The summed E-state index contributed by atoms with van der Waals surface area (Å²) >= 11 is 1.26. The molecule has 0 saturated heterocycles. The Labute approximate surface area is 148 Å². The van der Waals surface area contributed by atoms with Crippen LogP contribution in [0.4, 0.5) is 4.39 Å². The monoisotopic (exact) mass is 357 g/mol. The molecule has 0 aliphatic carbocycles. The summed E-state index contributed by atoms with van der Waals surface area (Å²) in [5, 5.41) is 9.94. The van der Waals surface area contributed by atoms with Crippen molar-refractivity contribution in [2.45, 2.75) is 23.9 Å². The van der Waals surface area contributed by atoms with Crippen LogP contribution in [0.5, 0.6) is 0 Å². The Morgan fingerprint density at radius 3 is 2.68 bits per heavy atom. The van der Waals surface area contributed by atoms with E-state index in [9.17, 15) is 9.18 Å². The van der Waals surface area contributed by atoms with Crippen LogP contribution in [0.15, 0.2) is 53.9 Å². The zero-order valence-corrected chi connectivity index (χ0v) is 14.3. The van der Waals surface area contributed by atoms with Crippen LogP contribution in [0.25, 0.3) is 11.4 Å². The fourth-order valence-electron chi connectivity index (χ4n) is 2.08. The Morgan fingerprint density at radius 2 is 1.96 bits per heavy atom. The standard InChI is InChI=1S/C17H16FN5OS/c1-11(16(24)20-10-12-2-4-14(18)5-3-12)25-17-21-15(22-23-17)13-6-8-19-9-7-13/h2-9,11H,10H2,1H3,(H,20,24)(H,21,22,23)/t11-/m0/s1. The number of halogens is 1. The quantitative estimate of drug-likeness (QED) is 0.663. The van der Waals surface area contributed by atoms with Gasteiger partial charge in [0.25, 0.3) is 0 Å². The molecule has 1 atom stereocenters. The van der Waals surface area contributed by atoms with Crippen molar-refractivity contribution < 1.29 is 9.18 Å². The molecular formula is C17H16FN5OS. The van der Waals surface area contributed by atoms with E-state index < -0.39 is 0 Å². The van der Waals surface area contributed by atoms with Crippen molar-refractivity contribution in [2.75, 3.05) is 0 Å². The summed E-state index contributed by atoms with van der Waals surface area (Å²) in [6, 6.07) is 9.68. The minimum Gasteiger partial charge on any atom is -0.351 e. The molecular weight excluding hydrogens is 341 g/mol. The molecule has 25 heavy (non-hydrogen) atoms. The Balaban J connectivity index is 1.54. The number of pyridine rings is 1. The van der Waals surface area contributed by atoms with Crippen molar-refractivity contribution in [3.8, 4) is 11.4 Å². The van der Waals surface area contributed by atoms with E-state index in [0.717, 1.165) is 11.1 Å². The third kappa shape index (κ3) is 4.63. The maximum absolute atomic E-state index is 12.9. The van der Waals surface area contributed by atoms with Gasteiger partial charge in [-0.25, -0.2) is 9.37 Å². The van der Waals surface area contributed by atoms with Crippen molar-refractivity contribution in [3.05, 3.63) is 60.2 Å². The number of carbonyl (C=O) groups excluding carboxylic acids is 1. The minimum absolute atomic E-state index is 0.135. The number of carbonyl (C=O) groups is 1. The van der Waals surface area contributed by atoms with Gasteiger partial charge in [0.1, 0.15) is 5.82 Å². The maximum Gasteiger partial charge on any atom is 0.233 e. The minimum atomic E-state index is -0.360. The van der Waals surface area contributed by atoms with Crippen LogP contribution in [0.1, 0.15) is 12.5 Å². The molecule has 0 aliphatic rings. The van der Waals surface area contributed by atoms with Crippen LogP contribution in [-0.2, 0) is 11.3 Å². The van der Waals surface area contributed by atoms with Crippen LogP contribution in [0, 0.1) is 5.82 Å². The second-order valence-electron chi connectivity index (χ2n) is 5.31. The molecule has 0 bridgehead atoms. The highest BCUT2D eigenvalue weighted by atomic mass is 32.2. The summed E-state index contributed by atoms with van der Waals surface area (Å²) in [5.41, 5.74) is 1.72. The van der Waals surface area contributed by atoms with Crippen LogP contribution < -0.4 is 5.32 Å². The lowest BCUT2D eigenvalue weighted by molar-refractivity contribution is -0.120. The van der Waals surface area contributed by atoms with Gasteiger partial charge in [0, 0.05) is 24.5 Å². The fourth-order valence-corrected chi connectivity index (χ4v) is 2.83. The van der Waals surface area contributed by atoms with Gasteiger partial charge in [-0.05, 0) is 36.8 Å². The summed E-state index contributed by atoms with van der Waals surface area (Å²) in [7, 11) is 0. The van der Waals surface area contributed by atoms with Gasteiger partial charge in [-0.1, -0.05) is 23.9 Å². The predicted octanol–water partition coefficient (Wildman–Crippen LogP) is 2.80. The zero-order valence-electron chi connectivity index (χ0n) is 13.4. The van der Waals surface area contributed by atoms with E-state index in [2.05, 4.69) is 25.5 Å². The Kier molecular flexibility index (Phi) is 5.39. The van der Waals surface area contributed by atoms with Crippen molar-refractivity contribution in [3.63, 3.8) is 0 Å². The summed E-state index contributed by atoms with van der Waals surface area (Å²) in [6.45, 7) is 2.13. The van der Waals surface area contributed by atoms with Gasteiger partial charge in [0.15, 0.2) is 5.82 Å². The molecule has 0 aliphatic heterocycles. The molecule has 8 heteroatoms. The average Bonchev–Trinajstić information content (AvgIpc) is 3.10. The second kappa shape index (κ2) is 7.89. The maximum atomic E-state index is 12.9. The van der Waals surface area contributed by atoms with Gasteiger partial charge in [0.05, 0.1) is 5.25 Å². The van der Waals surface area contributed by atoms with E-state index in [1.165, 1.54) is 23.9 Å². The third-order valence-corrected chi connectivity index (χ3v) is 4.41. The number of nitrogens with zero attached hydrogens (tertiary/aromatic N) is 3. The first-order valence-electron chi connectivity index (χ1n) is 7.63. The van der Waals surface area contributed by atoms with Crippen LogP contribution in [-0.4, -0.2) is 31.3 Å². The molecule has 1 amide bonds. The first-order valence-corrected chi connectivity index (χ1v) is 8.51. The molecule has 3 aromatic rings. The largest absolute Gasteiger partial charge is 0.351 e. The SMILES string of the molecule is C[C@H](Sc1n[nH]c(-c2ccncc2)n1)C(=O)NCc1ccc(F)cc1. The molecule has 2 heterocycles. The van der Waals surface area contributed by atoms with Gasteiger partial charge in [-0.2, -0.15) is 0 Å². The molecule has 0 unspecified atom stereocenters. The van der Waals surface area contributed by atoms with Gasteiger partial charge in [-0.3, -0.25) is 14.9 Å². The van der Waals surface area contributed by atoms with Crippen molar-refractivity contribution in [1.82, 2.24) is 25.5 Å². The molecule has 2 aromatic heterocycles. The number of H-pyrrole nitrogens is 1. The molecule has 0 fully saturated rings. The van der Waals surface area contributed by atoms with Crippen LogP contribution >= 0.6 is 11.8 Å². The topological polar surface area (TPSA) is 83.6 Å². The summed E-state index contributed by atoms with van der Waals surface area (Å²) in [4.78, 5) is 20.5. The number of hydrogen-bond acceptors (Lipinski definition) is 5. The van der Waals surface area contributed by atoms with E-state index in [1.807, 2.05) is 12.1 Å². The van der Waals surface area contributed by atoms with Crippen molar-refractivity contribution >= 4 is 17.7 Å².